The fraction of sp³-hybridized carbons (Fsp3) is 1.00. The first-order valence-corrected chi connectivity index (χ1v) is 11.4. The molecule has 0 radical (unpaired) electrons. The summed E-state index contributed by atoms with van der Waals surface area (Å²) in [6.07, 6.45) is 9.54. The molecule has 0 aromatic carbocycles. The average Bonchev–Trinajstić information content (AvgIpc) is 2.78. The number of hydrogen-bond acceptors (Lipinski definition) is 4. The Kier molecular flexibility index (Phi) is 8.19. The molecule has 0 saturated carbocycles. The Morgan fingerprint density at radius 3 is 2.10 bits per heavy atom. The first kappa shape index (κ1) is 18.9. The van der Waals surface area contributed by atoms with Crippen LogP contribution >= 0.6 is 0 Å². The number of nitrogens with one attached hydrogen (secondary N) is 1. The van der Waals surface area contributed by atoms with Crippen molar-refractivity contribution in [3.63, 3.8) is 0 Å². The third-order valence-corrected chi connectivity index (χ3v) is 7.83. The standard InChI is InChI=1S/C14H29NO4S2/c1-2-3-4-5-6-7-8-9-11-15-21(18,19)14-10-12-20(16,17)13-14/h14-15H,2-13H2,1H3. The minimum atomic E-state index is -3.46. The number of sulfone groups is 1. The lowest BCUT2D eigenvalue weighted by atomic mass is 10.1. The van der Waals surface area contributed by atoms with Gasteiger partial charge in [-0.25, -0.2) is 21.6 Å². The molecule has 1 aliphatic rings. The Labute approximate surface area is 129 Å². The van der Waals surface area contributed by atoms with Crippen molar-refractivity contribution >= 4 is 19.9 Å². The summed E-state index contributed by atoms with van der Waals surface area (Å²) >= 11 is 0. The molecule has 1 aliphatic heterocycles. The molecule has 0 aromatic heterocycles. The molecule has 1 heterocycles. The van der Waals surface area contributed by atoms with Gasteiger partial charge in [-0.15, -0.1) is 0 Å². The molecular formula is C14H29NO4S2. The van der Waals surface area contributed by atoms with Crippen LogP contribution in [0.2, 0.25) is 0 Å². The first-order chi connectivity index (χ1) is 9.87. The molecule has 1 N–H and O–H groups in total. The summed E-state index contributed by atoms with van der Waals surface area (Å²) in [6, 6.07) is 0. The van der Waals surface area contributed by atoms with Crippen molar-refractivity contribution in [2.45, 2.75) is 70.0 Å². The van der Waals surface area contributed by atoms with E-state index >= 15 is 0 Å². The molecule has 126 valence electrons. The number of rotatable bonds is 11. The molecule has 0 aliphatic carbocycles. The Morgan fingerprint density at radius 1 is 1.00 bits per heavy atom. The molecule has 1 saturated heterocycles. The van der Waals surface area contributed by atoms with Crippen molar-refractivity contribution in [1.82, 2.24) is 4.72 Å². The van der Waals surface area contributed by atoms with E-state index in [2.05, 4.69) is 11.6 Å². The van der Waals surface area contributed by atoms with Gasteiger partial charge >= 0.3 is 0 Å². The zero-order valence-electron chi connectivity index (χ0n) is 13.0. The average molecular weight is 340 g/mol. The van der Waals surface area contributed by atoms with Crippen molar-refractivity contribution in [3.05, 3.63) is 0 Å². The van der Waals surface area contributed by atoms with Gasteiger partial charge in [0.1, 0.15) is 0 Å². The van der Waals surface area contributed by atoms with Gasteiger partial charge in [0.2, 0.25) is 10.0 Å². The van der Waals surface area contributed by atoms with E-state index < -0.39 is 25.1 Å². The van der Waals surface area contributed by atoms with Crippen LogP contribution in [0.5, 0.6) is 0 Å². The second-order valence-corrected chi connectivity index (χ2v) is 10.2. The van der Waals surface area contributed by atoms with Crippen LogP contribution in [0.3, 0.4) is 0 Å². The number of unbranched alkanes of at least 4 members (excludes halogenated alkanes) is 7. The van der Waals surface area contributed by atoms with Crippen LogP contribution in [-0.4, -0.2) is 40.1 Å². The van der Waals surface area contributed by atoms with Gasteiger partial charge in [0.25, 0.3) is 0 Å². The number of sulfonamides is 1. The predicted molar refractivity (Wildman–Crippen MR) is 86.6 cm³/mol. The van der Waals surface area contributed by atoms with Crippen molar-refractivity contribution in [2.75, 3.05) is 18.1 Å². The van der Waals surface area contributed by atoms with Gasteiger partial charge in [-0.1, -0.05) is 51.9 Å². The molecular weight excluding hydrogens is 310 g/mol. The van der Waals surface area contributed by atoms with Gasteiger partial charge in [-0.3, -0.25) is 0 Å². The van der Waals surface area contributed by atoms with Gasteiger partial charge in [0.15, 0.2) is 9.84 Å². The summed E-state index contributed by atoms with van der Waals surface area (Å²) in [4.78, 5) is 0. The Bertz CT molecular complexity index is 485. The van der Waals surface area contributed by atoms with Crippen molar-refractivity contribution in [2.24, 2.45) is 0 Å². The van der Waals surface area contributed by atoms with Crippen LogP contribution in [0.1, 0.15) is 64.7 Å². The van der Waals surface area contributed by atoms with Crippen molar-refractivity contribution in [3.8, 4) is 0 Å². The van der Waals surface area contributed by atoms with Gasteiger partial charge in [0, 0.05) is 6.54 Å². The van der Waals surface area contributed by atoms with Crippen LogP contribution in [0.4, 0.5) is 0 Å². The topological polar surface area (TPSA) is 80.3 Å². The fourth-order valence-electron chi connectivity index (χ4n) is 2.60. The third kappa shape index (κ3) is 7.61. The second-order valence-electron chi connectivity index (χ2n) is 5.94. The highest BCUT2D eigenvalue weighted by molar-refractivity contribution is 7.95. The van der Waals surface area contributed by atoms with Crippen LogP contribution < -0.4 is 4.72 Å². The van der Waals surface area contributed by atoms with Crippen molar-refractivity contribution < 1.29 is 16.8 Å². The maximum absolute atomic E-state index is 12.0. The fourth-order valence-corrected chi connectivity index (χ4v) is 6.72. The normalized spacial score (nSPS) is 21.7. The molecule has 21 heavy (non-hydrogen) atoms. The van der Waals surface area contributed by atoms with Gasteiger partial charge in [0.05, 0.1) is 16.8 Å². The lowest BCUT2D eigenvalue weighted by Crippen LogP contribution is -2.35. The van der Waals surface area contributed by atoms with Crippen LogP contribution in [-0.2, 0) is 19.9 Å². The molecule has 0 amide bonds. The van der Waals surface area contributed by atoms with E-state index in [1.165, 1.54) is 32.1 Å². The summed E-state index contributed by atoms with van der Waals surface area (Å²) in [5.41, 5.74) is 0. The molecule has 0 spiro atoms. The maximum atomic E-state index is 12.0. The molecule has 0 aromatic rings. The first-order valence-electron chi connectivity index (χ1n) is 8.06. The van der Waals surface area contributed by atoms with E-state index in [0.29, 0.717) is 6.54 Å². The summed E-state index contributed by atoms with van der Waals surface area (Å²) in [7, 11) is -6.61. The maximum Gasteiger partial charge on any atom is 0.215 e. The van der Waals surface area contributed by atoms with Crippen molar-refractivity contribution in [1.29, 1.82) is 0 Å². The van der Waals surface area contributed by atoms with Gasteiger partial charge in [-0.05, 0) is 12.8 Å². The van der Waals surface area contributed by atoms with E-state index in [4.69, 9.17) is 0 Å². The molecule has 1 rings (SSSR count). The Balaban J connectivity index is 2.09. The summed E-state index contributed by atoms with van der Waals surface area (Å²) in [5, 5.41) is -0.753. The summed E-state index contributed by atoms with van der Waals surface area (Å²) in [5.74, 6) is -0.226. The zero-order valence-corrected chi connectivity index (χ0v) is 14.6. The van der Waals surface area contributed by atoms with Gasteiger partial charge in [-0.2, -0.15) is 0 Å². The van der Waals surface area contributed by atoms with Crippen LogP contribution in [0.25, 0.3) is 0 Å². The summed E-state index contributed by atoms with van der Waals surface area (Å²) in [6.45, 7) is 2.62. The third-order valence-electron chi connectivity index (χ3n) is 3.96. The smallest absolute Gasteiger partial charge is 0.215 e. The molecule has 0 bridgehead atoms. The zero-order chi connectivity index (χ0) is 15.8. The monoisotopic (exact) mass is 339 g/mol. The largest absolute Gasteiger partial charge is 0.229 e. The van der Waals surface area contributed by atoms with Crippen LogP contribution in [0, 0.1) is 0 Å². The SMILES string of the molecule is CCCCCCCCCCNS(=O)(=O)C1CCS(=O)(=O)C1. The molecule has 1 unspecified atom stereocenters. The Hall–Kier alpha value is -0.140. The highest BCUT2D eigenvalue weighted by Crippen LogP contribution is 2.18. The molecule has 5 nitrogen and oxygen atoms in total. The van der Waals surface area contributed by atoms with E-state index in [9.17, 15) is 16.8 Å². The lowest BCUT2D eigenvalue weighted by molar-refractivity contribution is 0.552. The van der Waals surface area contributed by atoms with E-state index in [0.717, 1.165) is 19.3 Å². The minimum Gasteiger partial charge on any atom is -0.229 e. The number of hydrogen-bond donors (Lipinski definition) is 1. The molecule has 1 atom stereocenters. The second kappa shape index (κ2) is 9.10. The van der Waals surface area contributed by atoms with E-state index in [1.807, 2.05) is 0 Å². The molecule has 1 fully saturated rings. The minimum absolute atomic E-state index is 0.00363. The lowest BCUT2D eigenvalue weighted by Gasteiger charge is -2.11. The molecule has 7 heteroatoms. The predicted octanol–water partition coefficient (Wildman–Crippen LogP) is 2.23. The van der Waals surface area contributed by atoms with E-state index in [1.54, 1.807) is 0 Å². The quantitative estimate of drug-likeness (QED) is 0.585. The highest BCUT2D eigenvalue weighted by atomic mass is 32.2. The Morgan fingerprint density at radius 2 is 1.57 bits per heavy atom. The highest BCUT2D eigenvalue weighted by Gasteiger charge is 2.36. The van der Waals surface area contributed by atoms with E-state index in [-0.39, 0.29) is 17.9 Å². The summed E-state index contributed by atoms with van der Waals surface area (Å²) < 4.78 is 49.1. The van der Waals surface area contributed by atoms with Crippen LogP contribution in [0.15, 0.2) is 0 Å². The van der Waals surface area contributed by atoms with Gasteiger partial charge < -0.3 is 0 Å².